The van der Waals surface area contributed by atoms with Gasteiger partial charge in [0, 0.05) is 12.6 Å². The Balaban J connectivity index is 2.03. The van der Waals surface area contributed by atoms with Gasteiger partial charge in [0.25, 0.3) is 5.56 Å². The maximum atomic E-state index is 12.3. The van der Waals surface area contributed by atoms with E-state index < -0.39 is 0 Å². The summed E-state index contributed by atoms with van der Waals surface area (Å²) in [4.78, 5) is 29.2. The summed E-state index contributed by atoms with van der Waals surface area (Å²) >= 11 is 0. The van der Waals surface area contributed by atoms with Crippen LogP contribution in [0.25, 0.3) is 0 Å². The normalized spacial score (nSPS) is 17.8. The monoisotopic (exact) mass is 262 g/mol. The van der Waals surface area contributed by atoms with Crippen LogP contribution >= 0.6 is 0 Å². The molecule has 3 rings (SSSR count). The van der Waals surface area contributed by atoms with Gasteiger partial charge in [-0.15, -0.1) is 0 Å². The average molecular weight is 262 g/mol. The van der Waals surface area contributed by atoms with Crippen molar-refractivity contribution in [3.05, 3.63) is 33.0 Å². The van der Waals surface area contributed by atoms with Crippen LogP contribution in [0.1, 0.15) is 26.2 Å². The Labute approximate surface area is 110 Å². The zero-order valence-corrected chi connectivity index (χ0v) is 11.0. The van der Waals surface area contributed by atoms with E-state index in [1.54, 1.807) is 0 Å². The molecule has 6 heteroatoms. The maximum absolute atomic E-state index is 12.3. The van der Waals surface area contributed by atoms with Crippen LogP contribution in [0.4, 0.5) is 11.5 Å². The predicted molar refractivity (Wildman–Crippen MR) is 74.7 cm³/mol. The van der Waals surface area contributed by atoms with Crippen molar-refractivity contribution in [3.8, 4) is 0 Å². The highest BCUT2D eigenvalue weighted by Crippen LogP contribution is 2.30. The van der Waals surface area contributed by atoms with E-state index in [4.69, 9.17) is 0 Å². The molecule has 1 aromatic heterocycles. The van der Waals surface area contributed by atoms with E-state index in [0.717, 1.165) is 19.3 Å². The molecule has 0 aromatic carbocycles. The summed E-state index contributed by atoms with van der Waals surface area (Å²) in [6, 6.07) is 0.339. The molecule has 0 radical (unpaired) electrons. The lowest BCUT2D eigenvalue weighted by atomic mass is 10.2. The number of hydrogen-bond donors (Lipinski definition) is 2. The largest absolute Gasteiger partial charge is 0.360 e. The SMILES string of the molecule is CCCn1c(=O)[nH]c2c(c1=O)NCN2C1CC=CC1. The molecule has 0 fully saturated rings. The fourth-order valence-corrected chi connectivity index (χ4v) is 2.77. The van der Waals surface area contributed by atoms with E-state index in [2.05, 4.69) is 27.4 Å². The van der Waals surface area contributed by atoms with Gasteiger partial charge in [-0.25, -0.2) is 4.79 Å². The molecule has 0 amide bonds. The van der Waals surface area contributed by atoms with Crippen molar-refractivity contribution >= 4 is 11.5 Å². The Hall–Kier alpha value is -1.98. The summed E-state index contributed by atoms with van der Waals surface area (Å²) in [5, 5.41) is 3.12. The molecule has 0 saturated carbocycles. The molecular weight excluding hydrogens is 244 g/mol. The molecular formula is C13H18N4O2. The topological polar surface area (TPSA) is 70.1 Å². The smallest absolute Gasteiger partial charge is 0.330 e. The van der Waals surface area contributed by atoms with Crippen molar-refractivity contribution in [1.82, 2.24) is 9.55 Å². The number of H-pyrrole nitrogens is 1. The van der Waals surface area contributed by atoms with Crippen LogP contribution in [-0.2, 0) is 6.54 Å². The Morgan fingerprint density at radius 1 is 1.32 bits per heavy atom. The van der Waals surface area contributed by atoms with Crippen LogP contribution in [0.2, 0.25) is 0 Å². The first-order chi connectivity index (χ1) is 9.22. The summed E-state index contributed by atoms with van der Waals surface area (Å²) < 4.78 is 1.27. The van der Waals surface area contributed by atoms with Gasteiger partial charge < -0.3 is 10.2 Å². The van der Waals surface area contributed by atoms with Gasteiger partial charge in [-0.3, -0.25) is 14.3 Å². The van der Waals surface area contributed by atoms with Crippen molar-refractivity contribution < 1.29 is 0 Å². The van der Waals surface area contributed by atoms with Gasteiger partial charge >= 0.3 is 5.69 Å². The Kier molecular flexibility index (Phi) is 2.93. The fourth-order valence-electron chi connectivity index (χ4n) is 2.77. The third-order valence-corrected chi connectivity index (χ3v) is 3.75. The average Bonchev–Trinajstić information content (AvgIpc) is 3.02. The first-order valence-electron chi connectivity index (χ1n) is 6.75. The molecule has 1 aliphatic carbocycles. The van der Waals surface area contributed by atoms with Gasteiger partial charge in [0.1, 0.15) is 11.5 Å². The summed E-state index contributed by atoms with van der Waals surface area (Å²) in [6.45, 7) is 2.99. The lowest BCUT2D eigenvalue weighted by molar-refractivity contribution is 0.611. The molecule has 102 valence electrons. The highest BCUT2D eigenvalue weighted by atomic mass is 16.2. The summed E-state index contributed by atoms with van der Waals surface area (Å²) in [7, 11) is 0. The lowest BCUT2D eigenvalue weighted by Gasteiger charge is -2.24. The fraction of sp³-hybridized carbons (Fsp3) is 0.538. The van der Waals surface area contributed by atoms with Crippen molar-refractivity contribution in [2.24, 2.45) is 0 Å². The van der Waals surface area contributed by atoms with E-state index in [9.17, 15) is 9.59 Å². The number of fused-ring (bicyclic) bond motifs is 1. The van der Waals surface area contributed by atoms with Crippen molar-refractivity contribution in [3.63, 3.8) is 0 Å². The molecule has 0 atom stereocenters. The number of rotatable bonds is 3. The number of anilines is 2. The van der Waals surface area contributed by atoms with E-state index in [1.165, 1.54) is 4.57 Å². The van der Waals surface area contributed by atoms with Crippen LogP contribution in [0.3, 0.4) is 0 Å². The molecule has 0 spiro atoms. The van der Waals surface area contributed by atoms with Gasteiger partial charge in [-0.05, 0) is 19.3 Å². The molecule has 0 unspecified atom stereocenters. The molecule has 0 saturated heterocycles. The van der Waals surface area contributed by atoms with Gasteiger partial charge in [0.15, 0.2) is 0 Å². The number of hydrogen-bond acceptors (Lipinski definition) is 4. The minimum atomic E-state index is -0.315. The highest BCUT2D eigenvalue weighted by Gasteiger charge is 2.30. The van der Waals surface area contributed by atoms with Crippen LogP contribution in [-0.4, -0.2) is 22.3 Å². The van der Waals surface area contributed by atoms with Crippen LogP contribution < -0.4 is 21.5 Å². The summed E-state index contributed by atoms with van der Waals surface area (Å²) in [6.07, 6.45) is 6.96. The van der Waals surface area contributed by atoms with Crippen molar-refractivity contribution in [2.75, 3.05) is 16.9 Å². The second-order valence-corrected chi connectivity index (χ2v) is 5.01. The van der Waals surface area contributed by atoms with Crippen molar-refractivity contribution in [2.45, 2.75) is 38.8 Å². The Bertz CT molecular complexity index is 621. The first-order valence-corrected chi connectivity index (χ1v) is 6.75. The second-order valence-electron chi connectivity index (χ2n) is 5.01. The molecule has 0 bridgehead atoms. The quantitative estimate of drug-likeness (QED) is 0.792. The number of aromatic nitrogens is 2. The molecule has 1 aromatic rings. The third kappa shape index (κ3) is 1.87. The molecule has 1 aliphatic heterocycles. The summed E-state index contributed by atoms with van der Waals surface area (Å²) in [5.74, 6) is 0.649. The minimum absolute atomic E-state index is 0.214. The van der Waals surface area contributed by atoms with Gasteiger partial charge in [0.05, 0.1) is 6.67 Å². The van der Waals surface area contributed by atoms with E-state index in [1.807, 2.05) is 6.92 Å². The van der Waals surface area contributed by atoms with Crippen LogP contribution in [0, 0.1) is 0 Å². The lowest BCUT2D eigenvalue weighted by Crippen LogP contribution is -2.37. The van der Waals surface area contributed by atoms with E-state index >= 15 is 0 Å². The predicted octanol–water partition coefficient (Wildman–Crippen LogP) is 0.855. The van der Waals surface area contributed by atoms with Gasteiger partial charge in [-0.2, -0.15) is 0 Å². The zero-order chi connectivity index (χ0) is 13.4. The Morgan fingerprint density at radius 2 is 2.05 bits per heavy atom. The van der Waals surface area contributed by atoms with Crippen LogP contribution in [0.15, 0.2) is 21.7 Å². The minimum Gasteiger partial charge on any atom is -0.360 e. The maximum Gasteiger partial charge on any atom is 0.330 e. The van der Waals surface area contributed by atoms with E-state index in [-0.39, 0.29) is 11.2 Å². The molecule has 2 aliphatic rings. The number of nitrogens with one attached hydrogen (secondary N) is 2. The standard InChI is InChI=1S/C13H18N4O2/c1-2-7-16-12(18)10-11(15-13(16)19)17(8-14-10)9-5-3-4-6-9/h3-4,9,14H,2,5-8H2,1H3,(H,15,19). The first kappa shape index (κ1) is 12.1. The van der Waals surface area contributed by atoms with Gasteiger partial charge in [0.2, 0.25) is 0 Å². The molecule has 6 nitrogen and oxygen atoms in total. The summed E-state index contributed by atoms with van der Waals surface area (Å²) in [5.41, 5.74) is -0.000683. The molecule has 19 heavy (non-hydrogen) atoms. The van der Waals surface area contributed by atoms with Crippen LogP contribution in [0.5, 0.6) is 0 Å². The number of nitrogens with zero attached hydrogens (tertiary/aromatic N) is 2. The third-order valence-electron chi connectivity index (χ3n) is 3.75. The molecule has 2 heterocycles. The number of aromatic amines is 1. The van der Waals surface area contributed by atoms with Gasteiger partial charge in [-0.1, -0.05) is 19.1 Å². The molecule has 2 N–H and O–H groups in total. The zero-order valence-electron chi connectivity index (χ0n) is 11.0. The Morgan fingerprint density at radius 3 is 2.74 bits per heavy atom. The highest BCUT2D eigenvalue weighted by molar-refractivity contribution is 5.70. The second kappa shape index (κ2) is 4.60. The van der Waals surface area contributed by atoms with E-state index in [0.29, 0.717) is 30.8 Å². The van der Waals surface area contributed by atoms with Crippen molar-refractivity contribution in [1.29, 1.82) is 0 Å².